The summed E-state index contributed by atoms with van der Waals surface area (Å²) in [4.78, 5) is 4.25. The summed E-state index contributed by atoms with van der Waals surface area (Å²) in [5, 5.41) is 3.20. The maximum absolute atomic E-state index is 5.68. The van der Waals surface area contributed by atoms with E-state index in [0.29, 0.717) is 5.88 Å². The molecule has 0 aliphatic carbocycles. The van der Waals surface area contributed by atoms with Crippen molar-refractivity contribution < 1.29 is 0 Å². The lowest BCUT2D eigenvalue weighted by molar-refractivity contribution is 1.24. The lowest BCUT2D eigenvalue weighted by atomic mass is 10.3. The van der Waals surface area contributed by atoms with Crippen LogP contribution in [-0.4, -0.2) is 4.98 Å². The van der Waals surface area contributed by atoms with Crippen molar-refractivity contribution in [3.8, 4) is 0 Å². The summed E-state index contributed by atoms with van der Waals surface area (Å²) in [6.45, 7) is 0. The Hall–Kier alpha value is -1.54. The standard InChI is InChI=1S/C12H11ClN2/c13-8-10-6-7-12(14-9-10)15-11-4-2-1-3-5-11/h1-7,9H,8H2,(H,14,15). The second-order valence-corrected chi connectivity index (χ2v) is 3.44. The molecule has 0 aliphatic rings. The Kier molecular flexibility index (Phi) is 3.20. The van der Waals surface area contributed by atoms with Gasteiger partial charge in [-0.15, -0.1) is 11.6 Å². The average Bonchev–Trinajstić information content (AvgIpc) is 2.31. The van der Waals surface area contributed by atoms with Crippen molar-refractivity contribution in [2.75, 3.05) is 5.32 Å². The van der Waals surface area contributed by atoms with E-state index in [1.54, 1.807) is 6.20 Å². The monoisotopic (exact) mass is 218 g/mol. The molecule has 0 spiro atoms. The number of halogens is 1. The van der Waals surface area contributed by atoms with Crippen molar-refractivity contribution in [3.63, 3.8) is 0 Å². The Labute approximate surface area is 93.9 Å². The molecule has 1 heterocycles. The predicted molar refractivity (Wildman–Crippen MR) is 63.5 cm³/mol. The molecule has 1 N–H and O–H groups in total. The van der Waals surface area contributed by atoms with Crippen LogP contribution in [0.4, 0.5) is 11.5 Å². The van der Waals surface area contributed by atoms with Gasteiger partial charge in [-0.3, -0.25) is 0 Å². The van der Waals surface area contributed by atoms with Crippen molar-refractivity contribution >= 4 is 23.1 Å². The number of anilines is 2. The summed E-state index contributed by atoms with van der Waals surface area (Å²) in [6.07, 6.45) is 1.78. The van der Waals surface area contributed by atoms with Crippen molar-refractivity contribution in [2.24, 2.45) is 0 Å². The summed E-state index contributed by atoms with van der Waals surface area (Å²) < 4.78 is 0. The van der Waals surface area contributed by atoms with Crippen LogP contribution in [0.5, 0.6) is 0 Å². The molecule has 0 bridgehead atoms. The quantitative estimate of drug-likeness (QED) is 0.797. The highest BCUT2D eigenvalue weighted by molar-refractivity contribution is 6.17. The average molecular weight is 219 g/mol. The summed E-state index contributed by atoms with van der Waals surface area (Å²) in [5.41, 5.74) is 2.05. The van der Waals surface area contributed by atoms with Gasteiger partial charge in [0.1, 0.15) is 5.82 Å². The first-order valence-corrected chi connectivity index (χ1v) is 5.25. The SMILES string of the molecule is ClCc1ccc(Nc2ccccc2)nc1. The molecule has 3 heteroatoms. The van der Waals surface area contributed by atoms with E-state index in [-0.39, 0.29) is 0 Å². The molecular weight excluding hydrogens is 208 g/mol. The largest absolute Gasteiger partial charge is 0.340 e. The van der Waals surface area contributed by atoms with Crippen LogP contribution in [0, 0.1) is 0 Å². The maximum atomic E-state index is 5.68. The molecule has 0 saturated heterocycles. The van der Waals surface area contributed by atoms with Gasteiger partial charge >= 0.3 is 0 Å². The van der Waals surface area contributed by atoms with E-state index in [1.165, 1.54) is 0 Å². The Morgan fingerprint density at radius 2 is 1.87 bits per heavy atom. The van der Waals surface area contributed by atoms with Crippen LogP contribution in [0.15, 0.2) is 48.7 Å². The highest BCUT2D eigenvalue weighted by atomic mass is 35.5. The number of para-hydroxylation sites is 1. The molecule has 0 saturated carbocycles. The molecule has 1 aromatic carbocycles. The van der Waals surface area contributed by atoms with Crippen molar-refractivity contribution in [1.82, 2.24) is 4.98 Å². The Balaban J connectivity index is 2.11. The summed E-state index contributed by atoms with van der Waals surface area (Å²) in [7, 11) is 0. The Bertz CT molecular complexity index is 411. The van der Waals surface area contributed by atoms with Crippen molar-refractivity contribution in [1.29, 1.82) is 0 Å². The number of nitrogens with one attached hydrogen (secondary N) is 1. The first-order chi connectivity index (χ1) is 7.38. The molecule has 0 fully saturated rings. The third-order valence-corrected chi connectivity index (χ3v) is 2.33. The fourth-order valence-electron chi connectivity index (χ4n) is 1.25. The molecule has 0 unspecified atom stereocenters. The van der Waals surface area contributed by atoms with Gasteiger partial charge in [-0.25, -0.2) is 4.98 Å². The highest BCUT2D eigenvalue weighted by Gasteiger charge is 1.95. The molecule has 0 radical (unpaired) electrons. The van der Waals surface area contributed by atoms with Gasteiger partial charge < -0.3 is 5.32 Å². The number of hydrogen-bond acceptors (Lipinski definition) is 2. The zero-order valence-corrected chi connectivity index (χ0v) is 8.91. The number of aromatic nitrogens is 1. The zero-order valence-electron chi connectivity index (χ0n) is 8.15. The molecule has 0 aliphatic heterocycles. The number of alkyl halides is 1. The minimum absolute atomic E-state index is 0.499. The van der Waals surface area contributed by atoms with Gasteiger partial charge in [0, 0.05) is 17.8 Å². The molecule has 0 atom stereocenters. The lowest BCUT2D eigenvalue weighted by Crippen LogP contribution is -1.93. The minimum atomic E-state index is 0.499. The van der Waals surface area contributed by atoms with Crippen LogP contribution in [0.1, 0.15) is 5.56 Å². The van der Waals surface area contributed by atoms with Gasteiger partial charge in [0.2, 0.25) is 0 Å². The van der Waals surface area contributed by atoms with Crippen LogP contribution in [0.2, 0.25) is 0 Å². The van der Waals surface area contributed by atoms with Gasteiger partial charge in [0.05, 0.1) is 0 Å². The number of hydrogen-bond donors (Lipinski definition) is 1. The molecule has 2 aromatic rings. The van der Waals surface area contributed by atoms with Crippen LogP contribution in [0.25, 0.3) is 0 Å². The van der Waals surface area contributed by atoms with Crippen molar-refractivity contribution in [3.05, 3.63) is 54.2 Å². The van der Waals surface area contributed by atoms with Gasteiger partial charge in [0.25, 0.3) is 0 Å². The van der Waals surface area contributed by atoms with E-state index in [4.69, 9.17) is 11.6 Å². The number of benzene rings is 1. The van der Waals surface area contributed by atoms with Crippen molar-refractivity contribution in [2.45, 2.75) is 5.88 Å². The molecule has 2 nitrogen and oxygen atoms in total. The fraction of sp³-hybridized carbons (Fsp3) is 0.0833. The molecular formula is C12H11ClN2. The van der Waals surface area contributed by atoms with Crippen LogP contribution >= 0.6 is 11.6 Å². The van der Waals surface area contributed by atoms with E-state index in [1.807, 2.05) is 42.5 Å². The van der Waals surface area contributed by atoms with E-state index in [9.17, 15) is 0 Å². The van der Waals surface area contributed by atoms with E-state index in [0.717, 1.165) is 17.1 Å². The highest BCUT2D eigenvalue weighted by Crippen LogP contribution is 2.14. The molecule has 15 heavy (non-hydrogen) atoms. The minimum Gasteiger partial charge on any atom is -0.340 e. The number of nitrogens with zero attached hydrogens (tertiary/aromatic N) is 1. The fourth-order valence-corrected chi connectivity index (χ4v) is 1.40. The number of rotatable bonds is 3. The zero-order chi connectivity index (χ0) is 10.5. The second kappa shape index (κ2) is 4.80. The normalized spacial score (nSPS) is 9.93. The topological polar surface area (TPSA) is 24.9 Å². The first kappa shape index (κ1) is 9.99. The second-order valence-electron chi connectivity index (χ2n) is 3.18. The van der Waals surface area contributed by atoms with E-state index >= 15 is 0 Å². The van der Waals surface area contributed by atoms with Gasteiger partial charge in [-0.05, 0) is 23.8 Å². The Morgan fingerprint density at radius 3 is 2.47 bits per heavy atom. The first-order valence-electron chi connectivity index (χ1n) is 4.71. The lowest BCUT2D eigenvalue weighted by Gasteiger charge is -2.05. The third kappa shape index (κ3) is 2.70. The van der Waals surface area contributed by atoms with Gasteiger partial charge in [-0.2, -0.15) is 0 Å². The van der Waals surface area contributed by atoms with Gasteiger partial charge in [0.15, 0.2) is 0 Å². The van der Waals surface area contributed by atoms with Crippen LogP contribution < -0.4 is 5.32 Å². The third-order valence-electron chi connectivity index (χ3n) is 2.03. The van der Waals surface area contributed by atoms with Crippen LogP contribution in [0.3, 0.4) is 0 Å². The molecule has 0 amide bonds. The van der Waals surface area contributed by atoms with E-state index in [2.05, 4.69) is 10.3 Å². The summed E-state index contributed by atoms with van der Waals surface area (Å²) in [5.74, 6) is 1.33. The molecule has 2 rings (SSSR count). The van der Waals surface area contributed by atoms with Gasteiger partial charge in [-0.1, -0.05) is 24.3 Å². The Morgan fingerprint density at radius 1 is 1.07 bits per heavy atom. The summed E-state index contributed by atoms with van der Waals surface area (Å²) >= 11 is 5.68. The molecule has 1 aromatic heterocycles. The maximum Gasteiger partial charge on any atom is 0.130 e. The van der Waals surface area contributed by atoms with Crippen LogP contribution in [-0.2, 0) is 5.88 Å². The summed E-state index contributed by atoms with van der Waals surface area (Å²) in [6, 6.07) is 13.8. The number of pyridine rings is 1. The predicted octanol–water partition coefficient (Wildman–Crippen LogP) is 3.56. The van der Waals surface area contributed by atoms with E-state index < -0.39 is 0 Å². The molecule has 76 valence electrons. The smallest absolute Gasteiger partial charge is 0.130 e.